The lowest BCUT2D eigenvalue weighted by molar-refractivity contribution is 0.0625. The first-order valence-electron chi connectivity index (χ1n) is 8.52. The van der Waals surface area contributed by atoms with Crippen molar-refractivity contribution >= 4 is 5.91 Å². The van der Waals surface area contributed by atoms with Crippen LogP contribution in [0.5, 0.6) is 5.75 Å². The van der Waals surface area contributed by atoms with Gasteiger partial charge >= 0.3 is 0 Å². The summed E-state index contributed by atoms with van der Waals surface area (Å²) in [6.45, 7) is 7.16. The number of rotatable bonds is 4. The van der Waals surface area contributed by atoms with Crippen LogP contribution < -0.4 is 4.74 Å². The van der Waals surface area contributed by atoms with E-state index in [9.17, 15) is 4.79 Å². The number of carbonyl (C=O) groups is 1. The minimum absolute atomic E-state index is 0.0516. The van der Waals surface area contributed by atoms with Crippen molar-refractivity contribution in [1.29, 1.82) is 0 Å². The van der Waals surface area contributed by atoms with Crippen LogP contribution in [0.4, 0.5) is 0 Å². The molecule has 5 nitrogen and oxygen atoms in total. The predicted molar refractivity (Wildman–Crippen MR) is 91.1 cm³/mol. The van der Waals surface area contributed by atoms with E-state index in [0.717, 1.165) is 36.3 Å². The number of ether oxygens (including phenoxy) is 1. The number of para-hydroxylation sites is 1. The number of hydrogen-bond acceptors (Lipinski definition) is 4. The zero-order chi connectivity index (χ0) is 17.1. The second-order valence-corrected chi connectivity index (χ2v) is 6.53. The summed E-state index contributed by atoms with van der Waals surface area (Å²) < 4.78 is 11.1. The number of aromatic nitrogens is 1. The molecule has 0 bridgehead atoms. The van der Waals surface area contributed by atoms with Gasteiger partial charge in [0.2, 0.25) is 0 Å². The molecule has 1 aliphatic heterocycles. The normalized spacial score (nSPS) is 17.8. The molecule has 5 heteroatoms. The molecule has 1 atom stereocenters. The van der Waals surface area contributed by atoms with Crippen LogP contribution in [0.3, 0.4) is 0 Å². The lowest BCUT2D eigenvalue weighted by atomic mass is 10.0. The van der Waals surface area contributed by atoms with Crippen molar-refractivity contribution in [2.75, 3.05) is 6.54 Å². The summed E-state index contributed by atoms with van der Waals surface area (Å²) in [7, 11) is 0. The lowest BCUT2D eigenvalue weighted by Gasteiger charge is -2.32. The number of amides is 1. The Kier molecular flexibility index (Phi) is 4.88. The average Bonchev–Trinajstić information content (AvgIpc) is 3.03. The zero-order valence-electron chi connectivity index (χ0n) is 14.5. The molecule has 1 fully saturated rings. The summed E-state index contributed by atoms with van der Waals surface area (Å²) in [5, 5.41) is 3.94. The molecule has 0 saturated carbocycles. The summed E-state index contributed by atoms with van der Waals surface area (Å²) >= 11 is 0. The Morgan fingerprint density at radius 2 is 2.08 bits per heavy atom. The Bertz CT molecular complexity index is 703. The maximum atomic E-state index is 12.6. The minimum atomic E-state index is -0.0516. The second kappa shape index (κ2) is 7.07. The fraction of sp³-hybridized carbons (Fsp3) is 0.474. The zero-order valence-corrected chi connectivity index (χ0v) is 14.5. The molecule has 24 heavy (non-hydrogen) atoms. The van der Waals surface area contributed by atoms with Crippen LogP contribution in [0.2, 0.25) is 0 Å². The van der Waals surface area contributed by atoms with E-state index in [1.54, 1.807) is 6.07 Å². The Labute approximate surface area is 142 Å². The van der Waals surface area contributed by atoms with Crippen molar-refractivity contribution < 1.29 is 14.1 Å². The number of benzene rings is 1. The second-order valence-electron chi connectivity index (χ2n) is 6.53. The van der Waals surface area contributed by atoms with Crippen LogP contribution in [0.25, 0.3) is 0 Å². The molecule has 0 radical (unpaired) electrons. The van der Waals surface area contributed by atoms with Crippen LogP contribution >= 0.6 is 0 Å². The lowest BCUT2D eigenvalue weighted by Crippen LogP contribution is -2.42. The first-order valence-corrected chi connectivity index (χ1v) is 8.52. The monoisotopic (exact) mass is 328 g/mol. The van der Waals surface area contributed by atoms with Gasteiger partial charge in [-0.25, -0.2) is 0 Å². The van der Waals surface area contributed by atoms with Crippen molar-refractivity contribution in [2.24, 2.45) is 0 Å². The van der Waals surface area contributed by atoms with Crippen LogP contribution in [-0.2, 0) is 6.61 Å². The quantitative estimate of drug-likeness (QED) is 0.854. The highest BCUT2D eigenvalue weighted by molar-refractivity contribution is 5.92. The minimum Gasteiger partial charge on any atom is -0.485 e. The Balaban J connectivity index is 1.66. The number of likely N-dealkylation sites (tertiary alicyclic amines) is 1. The summed E-state index contributed by atoms with van der Waals surface area (Å²) in [4.78, 5) is 14.5. The summed E-state index contributed by atoms with van der Waals surface area (Å²) in [5.41, 5.74) is 2.52. The number of piperidine rings is 1. The van der Waals surface area contributed by atoms with Crippen LogP contribution in [0.15, 0.2) is 28.8 Å². The maximum absolute atomic E-state index is 12.6. The highest BCUT2D eigenvalue weighted by Gasteiger charge is 2.26. The number of hydrogen-bond donors (Lipinski definition) is 0. The van der Waals surface area contributed by atoms with E-state index in [0.29, 0.717) is 11.5 Å². The number of nitrogens with zero attached hydrogens (tertiary/aromatic N) is 2. The number of aryl methyl sites for hydroxylation is 2. The van der Waals surface area contributed by atoms with Gasteiger partial charge < -0.3 is 14.2 Å². The largest absolute Gasteiger partial charge is 0.485 e. The molecule has 3 rings (SSSR count). The van der Waals surface area contributed by atoms with Crippen LogP contribution in [0.1, 0.15) is 53.6 Å². The van der Waals surface area contributed by atoms with Crippen molar-refractivity contribution in [3.05, 3.63) is 46.8 Å². The molecule has 0 unspecified atom stereocenters. The molecule has 0 N–H and O–H groups in total. The molecular weight excluding hydrogens is 304 g/mol. The van der Waals surface area contributed by atoms with E-state index < -0.39 is 0 Å². The maximum Gasteiger partial charge on any atom is 0.276 e. The van der Waals surface area contributed by atoms with E-state index in [1.165, 1.54) is 6.42 Å². The summed E-state index contributed by atoms with van der Waals surface area (Å²) in [6.07, 6.45) is 3.28. The molecule has 1 aromatic heterocycles. The molecule has 128 valence electrons. The van der Waals surface area contributed by atoms with E-state index in [1.807, 2.05) is 36.9 Å². The topological polar surface area (TPSA) is 55.6 Å². The summed E-state index contributed by atoms with van der Waals surface area (Å²) in [5.74, 6) is 1.36. The molecule has 1 aliphatic rings. The Morgan fingerprint density at radius 1 is 1.33 bits per heavy atom. The molecule has 1 amide bonds. The highest BCUT2D eigenvalue weighted by atomic mass is 16.5. The van der Waals surface area contributed by atoms with Gasteiger partial charge in [-0.1, -0.05) is 23.4 Å². The van der Waals surface area contributed by atoms with Gasteiger partial charge in [0, 0.05) is 18.7 Å². The van der Waals surface area contributed by atoms with E-state index >= 15 is 0 Å². The first-order chi connectivity index (χ1) is 11.6. The Morgan fingerprint density at radius 3 is 2.79 bits per heavy atom. The average molecular weight is 328 g/mol. The number of carbonyl (C=O) groups excluding carboxylic acids is 1. The van der Waals surface area contributed by atoms with Crippen LogP contribution in [-0.4, -0.2) is 28.6 Å². The third-order valence-corrected chi connectivity index (χ3v) is 4.61. The van der Waals surface area contributed by atoms with E-state index in [2.05, 4.69) is 12.1 Å². The van der Waals surface area contributed by atoms with Gasteiger partial charge in [-0.2, -0.15) is 0 Å². The molecule has 2 heterocycles. The van der Waals surface area contributed by atoms with Crippen LogP contribution in [0, 0.1) is 13.8 Å². The van der Waals surface area contributed by atoms with Gasteiger partial charge in [0.05, 0.1) is 0 Å². The molecular formula is C19H24N2O3. The predicted octanol–water partition coefficient (Wildman–Crippen LogP) is 3.89. The SMILES string of the molecule is Cc1cccc(C)c1OCc1cc(C(=O)N2CCCC[C@H]2C)no1. The molecule has 0 aliphatic carbocycles. The molecule has 1 aromatic carbocycles. The van der Waals surface area contributed by atoms with Gasteiger partial charge in [0.15, 0.2) is 11.5 Å². The third-order valence-electron chi connectivity index (χ3n) is 4.61. The fourth-order valence-corrected chi connectivity index (χ4v) is 3.20. The summed E-state index contributed by atoms with van der Waals surface area (Å²) in [6, 6.07) is 7.97. The molecule has 1 saturated heterocycles. The highest BCUT2D eigenvalue weighted by Crippen LogP contribution is 2.24. The van der Waals surface area contributed by atoms with E-state index in [-0.39, 0.29) is 18.6 Å². The van der Waals surface area contributed by atoms with Gasteiger partial charge in [-0.3, -0.25) is 4.79 Å². The molecule has 2 aromatic rings. The third kappa shape index (κ3) is 3.45. The van der Waals surface area contributed by atoms with Crippen molar-refractivity contribution in [3.8, 4) is 5.75 Å². The van der Waals surface area contributed by atoms with Crippen molar-refractivity contribution in [2.45, 2.75) is 52.7 Å². The van der Waals surface area contributed by atoms with E-state index in [4.69, 9.17) is 9.26 Å². The molecule has 0 spiro atoms. The van der Waals surface area contributed by atoms with Gasteiger partial charge in [0.1, 0.15) is 12.4 Å². The smallest absolute Gasteiger partial charge is 0.276 e. The first kappa shape index (κ1) is 16.6. The van der Waals surface area contributed by atoms with Crippen molar-refractivity contribution in [1.82, 2.24) is 10.1 Å². The van der Waals surface area contributed by atoms with Crippen molar-refractivity contribution in [3.63, 3.8) is 0 Å². The Hall–Kier alpha value is -2.30. The van der Waals surface area contributed by atoms with Gasteiger partial charge in [-0.15, -0.1) is 0 Å². The van der Waals surface area contributed by atoms with Gasteiger partial charge in [-0.05, 0) is 51.2 Å². The standard InChI is InChI=1S/C19H24N2O3/c1-13-7-6-8-14(2)18(13)23-12-16-11-17(20-24-16)19(22)21-10-5-4-9-15(21)3/h6-8,11,15H,4-5,9-10,12H2,1-3H3/t15-/m1/s1. The van der Waals surface area contributed by atoms with Gasteiger partial charge in [0.25, 0.3) is 5.91 Å². The fourth-order valence-electron chi connectivity index (χ4n) is 3.20.